The smallest absolute Gasteiger partial charge is 0.329 e. The minimum Gasteiger partial charge on any atom is -0.497 e. The van der Waals surface area contributed by atoms with Crippen LogP contribution in [0.15, 0.2) is 77.9 Å². The Labute approximate surface area is 214 Å². The second-order valence-electron chi connectivity index (χ2n) is 7.78. The van der Waals surface area contributed by atoms with Gasteiger partial charge in [0.2, 0.25) is 0 Å². The molecule has 3 amide bonds. The van der Waals surface area contributed by atoms with Crippen LogP contribution in [-0.2, 0) is 14.4 Å². The highest BCUT2D eigenvalue weighted by Gasteiger charge is 2.16. The third kappa shape index (κ3) is 8.10. The first-order valence-electron chi connectivity index (χ1n) is 11.3. The summed E-state index contributed by atoms with van der Waals surface area (Å²) < 4.78 is 15.8. The number of hydrazone groups is 1. The average Bonchev–Trinajstić information content (AvgIpc) is 2.93. The molecule has 0 aromatic heterocycles. The minimum atomic E-state index is -0.954. The fraction of sp³-hybridized carbons (Fsp3) is 0.185. The van der Waals surface area contributed by atoms with Gasteiger partial charge in [-0.25, -0.2) is 5.43 Å². The number of ether oxygens (including phenoxy) is 3. The molecule has 192 valence electrons. The van der Waals surface area contributed by atoms with E-state index in [1.807, 2.05) is 37.3 Å². The number of amides is 3. The van der Waals surface area contributed by atoms with Gasteiger partial charge in [-0.1, -0.05) is 30.3 Å². The number of hydrogen-bond donors (Lipinski definition) is 3. The van der Waals surface area contributed by atoms with E-state index in [2.05, 4.69) is 21.2 Å². The van der Waals surface area contributed by atoms with Gasteiger partial charge in [0.05, 0.1) is 32.2 Å². The van der Waals surface area contributed by atoms with E-state index in [4.69, 9.17) is 14.2 Å². The van der Waals surface area contributed by atoms with Crippen LogP contribution < -0.4 is 30.3 Å². The second-order valence-corrected chi connectivity index (χ2v) is 7.78. The molecular weight excluding hydrogens is 476 g/mol. The molecule has 0 saturated heterocycles. The lowest BCUT2D eigenvalue weighted by molar-refractivity contribution is -0.136. The number of carbonyl (C=O) groups excluding carboxylic acids is 3. The zero-order valence-corrected chi connectivity index (χ0v) is 20.7. The molecule has 10 nitrogen and oxygen atoms in total. The van der Waals surface area contributed by atoms with Gasteiger partial charge in [0.25, 0.3) is 5.91 Å². The molecule has 0 radical (unpaired) electrons. The van der Waals surface area contributed by atoms with Crippen molar-refractivity contribution in [3.8, 4) is 17.2 Å². The first-order valence-corrected chi connectivity index (χ1v) is 11.3. The van der Waals surface area contributed by atoms with Crippen LogP contribution in [0.25, 0.3) is 0 Å². The van der Waals surface area contributed by atoms with Crippen LogP contribution in [0.3, 0.4) is 0 Å². The molecule has 10 heteroatoms. The van der Waals surface area contributed by atoms with E-state index in [1.54, 1.807) is 42.5 Å². The van der Waals surface area contributed by atoms with E-state index in [1.165, 1.54) is 20.4 Å². The molecule has 0 spiro atoms. The number of nitrogens with zero attached hydrogens (tertiary/aromatic N) is 1. The summed E-state index contributed by atoms with van der Waals surface area (Å²) in [6.45, 7) is 1.77. The number of nitrogens with one attached hydrogen (secondary N) is 3. The molecule has 0 bridgehead atoms. The number of rotatable bonds is 10. The van der Waals surface area contributed by atoms with Crippen LogP contribution in [0.2, 0.25) is 0 Å². The molecule has 3 N–H and O–H groups in total. The lowest BCUT2D eigenvalue weighted by Crippen LogP contribution is -2.32. The summed E-state index contributed by atoms with van der Waals surface area (Å²) in [5.41, 5.74) is 4.13. The summed E-state index contributed by atoms with van der Waals surface area (Å²) >= 11 is 0. The first-order chi connectivity index (χ1) is 17.9. The predicted molar refractivity (Wildman–Crippen MR) is 139 cm³/mol. The van der Waals surface area contributed by atoms with Crippen LogP contribution in [0.5, 0.6) is 17.2 Å². The molecule has 0 heterocycles. The average molecular weight is 505 g/mol. The molecule has 3 aromatic carbocycles. The number of benzene rings is 3. The van der Waals surface area contributed by atoms with E-state index >= 15 is 0 Å². The van der Waals surface area contributed by atoms with Gasteiger partial charge in [-0.15, -0.1) is 0 Å². The van der Waals surface area contributed by atoms with Crippen molar-refractivity contribution >= 4 is 29.6 Å². The summed E-state index contributed by atoms with van der Waals surface area (Å²) in [7, 11) is 2.94. The van der Waals surface area contributed by atoms with Gasteiger partial charge in [0, 0.05) is 6.07 Å². The van der Waals surface area contributed by atoms with Gasteiger partial charge in [-0.2, -0.15) is 5.10 Å². The van der Waals surface area contributed by atoms with E-state index in [0.29, 0.717) is 28.5 Å². The van der Waals surface area contributed by atoms with Gasteiger partial charge in [-0.05, 0) is 54.4 Å². The molecule has 0 saturated carbocycles. The summed E-state index contributed by atoms with van der Waals surface area (Å²) in [4.78, 5) is 36.4. The standard InChI is InChI=1S/C27H28N4O6/c1-18(20-7-5-4-6-8-20)29-25(32)17-37-21-11-9-19(10-12-21)16-28-31-27(34)26(33)30-23-14-13-22(35-2)15-24(23)36-3/h4-16,18H,17H2,1-3H3,(H,29,32)(H,30,33)(H,31,34)/b28-16-/t18-/m1/s1. The molecular formula is C27H28N4O6. The predicted octanol–water partition coefficient (Wildman–Crippen LogP) is 3.05. The second kappa shape index (κ2) is 13.3. The van der Waals surface area contributed by atoms with Crippen LogP contribution in [0.4, 0.5) is 5.69 Å². The quantitative estimate of drug-likeness (QED) is 0.221. The van der Waals surface area contributed by atoms with E-state index in [-0.39, 0.29) is 18.6 Å². The van der Waals surface area contributed by atoms with Gasteiger partial charge in [0.15, 0.2) is 6.61 Å². The number of anilines is 1. The largest absolute Gasteiger partial charge is 0.497 e. The van der Waals surface area contributed by atoms with E-state index in [9.17, 15) is 14.4 Å². The van der Waals surface area contributed by atoms with Crippen molar-refractivity contribution < 1.29 is 28.6 Å². The van der Waals surface area contributed by atoms with Gasteiger partial charge in [-0.3, -0.25) is 14.4 Å². The van der Waals surface area contributed by atoms with Crippen LogP contribution in [-0.4, -0.2) is 44.8 Å². The molecule has 1 atom stereocenters. The highest BCUT2D eigenvalue weighted by molar-refractivity contribution is 6.39. The van der Waals surface area contributed by atoms with Crippen molar-refractivity contribution in [2.75, 3.05) is 26.1 Å². The summed E-state index contributed by atoms with van der Waals surface area (Å²) in [5.74, 6) is -0.725. The Morgan fingerprint density at radius 2 is 1.59 bits per heavy atom. The lowest BCUT2D eigenvalue weighted by Gasteiger charge is -2.14. The maximum Gasteiger partial charge on any atom is 0.329 e. The Kier molecular flexibility index (Phi) is 9.60. The van der Waals surface area contributed by atoms with E-state index < -0.39 is 11.8 Å². The highest BCUT2D eigenvalue weighted by Crippen LogP contribution is 2.28. The SMILES string of the molecule is COc1ccc(NC(=O)C(=O)N/N=C\c2ccc(OCC(=O)N[C@H](C)c3ccccc3)cc2)c(OC)c1. The van der Waals surface area contributed by atoms with Gasteiger partial charge < -0.3 is 24.8 Å². The van der Waals surface area contributed by atoms with Crippen LogP contribution >= 0.6 is 0 Å². The molecule has 0 aliphatic carbocycles. The zero-order valence-electron chi connectivity index (χ0n) is 20.7. The summed E-state index contributed by atoms with van der Waals surface area (Å²) in [6.07, 6.45) is 1.37. The monoisotopic (exact) mass is 504 g/mol. The zero-order chi connectivity index (χ0) is 26.6. The van der Waals surface area contributed by atoms with Crippen molar-refractivity contribution in [2.45, 2.75) is 13.0 Å². The normalized spacial score (nSPS) is 11.3. The van der Waals surface area contributed by atoms with Crippen molar-refractivity contribution in [2.24, 2.45) is 5.10 Å². The van der Waals surface area contributed by atoms with Crippen molar-refractivity contribution in [1.82, 2.24) is 10.7 Å². The first kappa shape index (κ1) is 26.7. The van der Waals surface area contributed by atoms with Crippen molar-refractivity contribution in [3.63, 3.8) is 0 Å². The molecule has 0 aliphatic rings. The van der Waals surface area contributed by atoms with Crippen molar-refractivity contribution in [3.05, 3.63) is 83.9 Å². The number of methoxy groups -OCH3 is 2. The third-order valence-corrected chi connectivity index (χ3v) is 5.17. The molecule has 3 rings (SSSR count). The number of hydrogen-bond acceptors (Lipinski definition) is 7. The van der Waals surface area contributed by atoms with E-state index in [0.717, 1.165) is 5.56 Å². The molecule has 0 fully saturated rings. The Morgan fingerprint density at radius 1 is 0.892 bits per heavy atom. The molecule has 37 heavy (non-hydrogen) atoms. The van der Waals surface area contributed by atoms with Crippen LogP contribution in [0.1, 0.15) is 24.1 Å². The topological polar surface area (TPSA) is 127 Å². The molecule has 0 aliphatic heterocycles. The van der Waals surface area contributed by atoms with Crippen LogP contribution in [0, 0.1) is 0 Å². The maximum absolute atomic E-state index is 12.2. The highest BCUT2D eigenvalue weighted by atomic mass is 16.5. The van der Waals surface area contributed by atoms with Gasteiger partial charge >= 0.3 is 11.8 Å². The molecule has 0 unspecified atom stereocenters. The van der Waals surface area contributed by atoms with Gasteiger partial charge in [0.1, 0.15) is 17.2 Å². The summed E-state index contributed by atoms with van der Waals surface area (Å²) in [5, 5.41) is 9.14. The minimum absolute atomic E-state index is 0.130. The Hall–Kier alpha value is -4.86. The lowest BCUT2D eigenvalue weighted by atomic mass is 10.1. The Bertz CT molecular complexity index is 1250. The fourth-order valence-corrected chi connectivity index (χ4v) is 3.20. The Balaban J connectivity index is 1.44. The Morgan fingerprint density at radius 3 is 2.27 bits per heavy atom. The maximum atomic E-state index is 12.2. The summed E-state index contributed by atoms with van der Waals surface area (Å²) in [6, 6.07) is 21.0. The van der Waals surface area contributed by atoms with Crippen molar-refractivity contribution in [1.29, 1.82) is 0 Å². The molecule has 3 aromatic rings. The number of carbonyl (C=O) groups is 3. The third-order valence-electron chi connectivity index (χ3n) is 5.17. The fourth-order valence-electron chi connectivity index (χ4n) is 3.20.